The monoisotopic (exact) mass is 461 g/mol. The topological polar surface area (TPSA) is 50.4 Å². The van der Waals surface area contributed by atoms with Crippen molar-refractivity contribution < 1.29 is 0 Å². The van der Waals surface area contributed by atoms with Crippen molar-refractivity contribution in [3.8, 4) is 0 Å². The SMILES string of the molecule is I.NC(=NCC1(c2cccc(Cl)c2)CC1)NCCc1cccs1. The summed E-state index contributed by atoms with van der Waals surface area (Å²) in [7, 11) is 0. The Bertz CT molecular complexity index is 654. The van der Waals surface area contributed by atoms with Gasteiger partial charge in [-0.3, -0.25) is 4.99 Å². The van der Waals surface area contributed by atoms with Crippen LogP contribution in [0, 0.1) is 0 Å². The molecule has 0 saturated heterocycles. The van der Waals surface area contributed by atoms with Gasteiger partial charge in [-0.05, 0) is 48.4 Å². The number of nitrogens with zero attached hydrogens (tertiary/aromatic N) is 1. The summed E-state index contributed by atoms with van der Waals surface area (Å²) in [6.07, 6.45) is 3.28. The van der Waals surface area contributed by atoms with Crippen molar-refractivity contribution in [3.05, 3.63) is 57.2 Å². The number of rotatable bonds is 6. The molecular weight excluding hydrogens is 441 g/mol. The summed E-state index contributed by atoms with van der Waals surface area (Å²) in [5.41, 5.74) is 7.39. The molecule has 1 aliphatic rings. The normalized spacial score (nSPS) is 15.8. The van der Waals surface area contributed by atoms with E-state index in [9.17, 15) is 0 Å². The fraction of sp³-hybridized carbons (Fsp3) is 0.353. The number of nitrogens with one attached hydrogen (secondary N) is 1. The van der Waals surface area contributed by atoms with E-state index in [-0.39, 0.29) is 29.4 Å². The lowest BCUT2D eigenvalue weighted by Gasteiger charge is -2.14. The lowest BCUT2D eigenvalue weighted by Crippen LogP contribution is -2.34. The Labute approximate surface area is 163 Å². The summed E-state index contributed by atoms with van der Waals surface area (Å²) in [5.74, 6) is 0.532. The van der Waals surface area contributed by atoms with Gasteiger partial charge in [-0.25, -0.2) is 0 Å². The van der Waals surface area contributed by atoms with Crippen LogP contribution in [0.15, 0.2) is 46.8 Å². The van der Waals surface area contributed by atoms with Crippen LogP contribution < -0.4 is 11.1 Å². The standard InChI is InChI=1S/C17H20ClN3S.HI/c18-14-4-1-3-13(11-14)17(7-8-17)12-21-16(19)20-9-6-15-5-2-10-22-15;/h1-5,10-11H,6-9,12H2,(H3,19,20,21);1H. The van der Waals surface area contributed by atoms with Crippen molar-refractivity contribution in [3.63, 3.8) is 0 Å². The van der Waals surface area contributed by atoms with E-state index in [1.807, 2.05) is 18.2 Å². The molecule has 2 aromatic rings. The van der Waals surface area contributed by atoms with Crippen molar-refractivity contribution in [1.82, 2.24) is 5.32 Å². The van der Waals surface area contributed by atoms with Crippen LogP contribution in [0.3, 0.4) is 0 Å². The zero-order valence-corrected chi connectivity index (χ0v) is 16.7. The highest BCUT2D eigenvalue weighted by atomic mass is 127. The molecule has 1 aliphatic carbocycles. The maximum Gasteiger partial charge on any atom is 0.188 e. The second-order valence-corrected chi connectivity index (χ2v) is 7.22. The molecule has 0 unspecified atom stereocenters. The van der Waals surface area contributed by atoms with E-state index >= 15 is 0 Å². The van der Waals surface area contributed by atoms with Gasteiger partial charge in [0.25, 0.3) is 0 Å². The van der Waals surface area contributed by atoms with Gasteiger partial charge in [0.2, 0.25) is 0 Å². The van der Waals surface area contributed by atoms with Gasteiger partial charge in [-0.1, -0.05) is 29.8 Å². The predicted molar refractivity (Wildman–Crippen MR) is 110 cm³/mol. The van der Waals surface area contributed by atoms with Gasteiger partial charge < -0.3 is 11.1 Å². The number of benzene rings is 1. The fourth-order valence-electron chi connectivity index (χ4n) is 2.57. The van der Waals surface area contributed by atoms with Gasteiger partial charge in [0.05, 0.1) is 6.54 Å². The summed E-state index contributed by atoms with van der Waals surface area (Å²) >= 11 is 7.85. The van der Waals surface area contributed by atoms with Crippen LogP contribution in [0.2, 0.25) is 5.02 Å². The fourth-order valence-corrected chi connectivity index (χ4v) is 3.47. The lowest BCUT2D eigenvalue weighted by atomic mass is 9.96. The third-order valence-corrected chi connectivity index (χ3v) is 5.27. The molecule has 1 heterocycles. The van der Waals surface area contributed by atoms with Crippen molar-refractivity contribution in [2.24, 2.45) is 10.7 Å². The van der Waals surface area contributed by atoms with Gasteiger partial charge in [0.1, 0.15) is 0 Å². The smallest absolute Gasteiger partial charge is 0.188 e. The summed E-state index contributed by atoms with van der Waals surface area (Å²) < 4.78 is 0. The van der Waals surface area contributed by atoms with Crippen molar-refractivity contribution in [2.45, 2.75) is 24.7 Å². The van der Waals surface area contributed by atoms with Crippen LogP contribution in [-0.2, 0) is 11.8 Å². The van der Waals surface area contributed by atoms with Crippen LogP contribution in [0.5, 0.6) is 0 Å². The first-order chi connectivity index (χ1) is 10.7. The molecule has 124 valence electrons. The third kappa shape index (κ3) is 5.09. The second-order valence-electron chi connectivity index (χ2n) is 5.75. The largest absolute Gasteiger partial charge is 0.370 e. The molecule has 23 heavy (non-hydrogen) atoms. The van der Waals surface area contributed by atoms with Crippen LogP contribution in [0.1, 0.15) is 23.3 Å². The Hall–Kier alpha value is -0.790. The molecule has 1 saturated carbocycles. The first-order valence-electron chi connectivity index (χ1n) is 7.50. The van der Waals surface area contributed by atoms with E-state index in [0.717, 1.165) is 37.4 Å². The molecule has 3 rings (SSSR count). The third-order valence-electron chi connectivity index (χ3n) is 4.10. The predicted octanol–water partition coefficient (Wildman–Crippen LogP) is 4.20. The van der Waals surface area contributed by atoms with E-state index in [2.05, 4.69) is 33.9 Å². The van der Waals surface area contributed by atoms with Crippen molar-refractivity contribution in [2.75, 3.05) is 13.1 Å². The molecule has 1 fully saturated rings. The molecule has 1 aromatic heterocycles. The van der Waals surface area contributed by atoms with Crippen LogP contribution in [0.4, 0.5) is 0 Å². The number of hydrogen-bond acceptors (Lipinski definition) is 2. The highest BCUT2D eigenvalue weighted by Gasteiger charge is 2.44. The van der Waals surface area contributed by atoms with E-state index in [1.165, 1.54) is 10.4 Å². The van der Waals surface area contributed by atoms with Gasteiger partial charge in [0.15, 0.2) is 5.96 Å². The maximum absolute atomic E-state index is 6.09. The number of nitrogens with two attached hydrogens (primary N) is 1. The number of halogens is 2. The molecule has 1 aromatic carbocycles. The maximum atomic E-state index is 6.09. The Morgan fingerprint density at radius 1 is 1.30 bits per heavy atom. The minimum absolute atomic E-state index is 0. The first-order valence-corrected chi connectivity index (χ1v) is 8.76. The molecule has 0 spiro atoms. The highest BCUT2D eigenvalue weighted by molar-refractivity contribution is 14.0. The molecule has 0 aliphatic heterocycles. The number of aliphatic imine (C=N–C) groups is 1. The van der Waals surface area contributed by atoms with Gasteiger partial charge in [-0.2, -0.15) is 0 Å². The lowest BCUT2D eigenvalue weighted by molar-refractivity contribution is 0.700. The molecule has 3 N–H and O–H groups in total. The van der Waals surface area contributed by atoms with Crippen molar-refractivity contribution >= 4 is 52.9 Å². The summed E-state index contributed by atoms with van der Waals surface area (Å²) in [6, 6.07) is 12.3. The number of guanidine groups is 1. The average Bonchev–Trinajstić information content (AvgIpc) is 3.14. The highest BCUT2D eigenvalue weighted by Crippen LogP contribution is 2.48. The zero-order valence-electron chi connectivity index (χ0n) is 12.8. The molecule has 0 bridgehead atoms. The Kier molecular flexibility index (Phi) is 6.73. The molecule has 0 atom stereocenters. The molecule has 0 amide bonds. The minimum Gasteiger partial charge on any atom is -0.370 e. The summed E-state index contributed by atoms with van der Waals surface area (Å²) in [5, 5.41) is 6.07. The molecule has 0 radical (unpaired) electrons. The van der Waals surface area contributed by atoms with Crippen LogP contribution in [-0.4, -0.2) is 19.0 Å². The van der Waals surface area contributed by atoms with E-state index < -0.39 is 0 Å². The molecule has 3 nitrogen and oxygen atoms in total. The van der Waals surface area contributed by atoms with Crippen molar-refractivity contribution in [1.29, 1.82) is 0 Å². The summed E-state index contributed by atoms with van der Waals surface area (Å²) in [4.78, 5) is 5.89. The van der Waals surface area contributed by atoms with Gasteiger partial charge in [-0.15, -0.1) is 35.3 Å². The quantitative estimate of drug-likeness (QED) is 0.385. The van der Waals surface area contributed by atoms with Gasteiger partial charge in [0, 0.05) is 21.9 Å². The van der Waals surface area contributed by atoms with Gasteiger partial charge >= 0.3 is 0 Å². The molecular formula is C17H21ClIN3S. The van der Waals surface area contributed by atoms with Crippen LogP contribution >= 0.6 is 46.9 Å². The minimum atomic E-state index is 0. The summed E-state index contributed by atoms with van der Waals surface area (Å²) in [6.45, 7) is 1.55. The second kappa shape index (κ2) is 8.35. The van der Waals surface area contributed by atoms with Crippen LogP contribution in [0.25, 0.3) is 0 Å². The number of thiophene rings is 1. The van der Waals surface area contributed by atoms with E-state index in [4.69, 9.17) is 17.3 Å². The molecule has 6 heteroatoms. The Morgan fingerprint density at radius 3 is 2.78 bits per heavy atom. The average molecular weight is 462 g/mol. The number of hydrogen-bond donors (Lipinski definition) is 2. The Balaban J connectivity index is 0.00000192. The first kappa shape index (κ1) is 18.5. The van der Waals surface area contributed by atoms with E-state index in [0.29, 0.717) is 5.96 Å². The zero-order chi connectivity index (χ0) is 15.4. The Morgan fingerprint density at radius 2 is 2.13 bits per heavy atom. The van der Waals surface area contributed by atoms with E-state index in [1.54, 1.807) is 11.3 Å².